The van der Waals surface area contributed by atoms with Gasteiger partial charge in [0, 0.05) is 12.7 Å². The van der Waals surface area contributed by atoms with Gasteiger partial charge in [-0.3, -0.25) is 0 Å². The first kappa shape index (κ1) is 11.2. The van der Waals surface area contributed by atoms with E-state index in [1.54, 1.807) is 22.6 Å². The third kappa shape index (κ3) is 2.53. The number of halogens is 3. The van der Waals surface area contributed by atoms with Crippen LogP contribution in [0.5, 0.6) is 0 Å². The van der Waals surface area contributed by atoms with Crippen LogP contribution in [0.2, 0.25) is 0 Å². The standard InChI is InChI=1S/C8H7F2IN2O/c1-12-8(14)13-4-2-5(9)7(11)6(10)3-4/h2-3H,1H3,(H2,12,13,14). The van der Waals surface area contributed by atoms with Crippen molar-refractivity contribution in [3.8, 4) is 0 Å². The minimum atomic E-state index is -0.697. The molecule has 0 unspecified atom stereocenters. The van der Waals surface area contributed by atoms with E-state index in [-0.39, 0.29) is 9.26 Å². The zero-order valence-electron chi connectivity index (χ0n) is 7.20. The zero-order chi connectivity index (χ0) is 10.7. The van der Waals surface area contributed by atoms with E-state index in [2.05, 4.69) is 10.6 Å². The first-order valence-corrected chi connectivity index (χ1v) is 4.75. The van der Waals surface area contributed by atoms with Crippen LogP contribution in [0.1, 0.15) is 0 Å². The van der Waals surface area contributed by atoms with Crippen molar-refractivity contribution in [2.75, 3.05) is 12.4 Å². The van der Waals surface area contributed by atoms with E-state index in [0.29, 0.717) is 0 Å². The van der Waals surface area contributed by atoms with Gasteiger partial charge in [0.15, 0.2) is 0 Å². The number of anilines is 1. The number of carbonyl (C=O) groups excluding carboxylic acids is 1. The Bertz CT molecular complexity index is 347. The first-order chi connectivity index (χ1) is 6.54. The third-order valence-electron chi connectivity index (χ3n) is 1.47. The summed E-state index contributed by atoms with van der Waals surface area (Å²) in [5.41, 5.74) is 0.0831. The van der Waals surface area contributed by atoms with E-state index in [1.165, 1.54) is 7.05 Å². The molecule has 2 amide bonds. The number of urea groups is 1. The van der Waals surface area contributed by atoms with Gasteiger partial charge in [0.05, 0.1) is 3.57 Å². The molecule has 2 N–H and O–H groups in total. The van der Waals surface area contributed by atoms with Crippen molar-refractivity contribution in [3.05, 3.63) is 27.3 Å². The highest BCUT2D eigenvalue weighted by molar-refractivity contribution is 14.1. The van der Waals surface area contributed by atoms with Crippen molar-refractivity contribution in [1.29, 1.82) is 0 Å². The van der Waals surface area contributed by atoms with Crippen molar-refractivity contribution in [3.63, 3.8) is 0 Å². The molecule has 0 spiro atoms. The Morgan fingerprint density at radius 1 is 1.36 bits per heavy atom. The molecule has 1 aromatic rings. The van der Waals surface area contributed by atoms with E-state index in [0.717, 1.165) is 12.1 Å². The lowest BCUT2D eigenvalue weighted by molar-refractivity contribution is 0.254. The molecule has 0 heterocycles. The Hall–Kier alpha value is -0.920. The van der Waals surface area contributed by atoms with Gasteiger partial charge in [-0.1, -0.05) is 0 Å². The van der Waals surface area contributed by atoms with Gasteiger partial charge in [-0.15, -0.1) is 0 Å². The molecule has 1 aromatic carbocycles. The second-order valence-corrected chi connectivity index (χ2v) is 3.54. The summed E-state index contributed by atoms with van der Waals surface area (Å²) in [5, 5.41) is 4.54. The number of hydrogen-bond acceptors (Lipinski definition) is 1. The number of nitrogens with one attached hydrogen (secondary N) is 2. The van der Waals surface area contributed by atoms with Gasteiger partial charge in [0.2, 0.25) is 0 Å². The molecule has 76 valence electrons. The van der Waals surface area contributed by atoms with E-state index >= 15 is 0 Å². The summed E-state index contributed by atoms with van der Waals surface area (Å²) in [4.78, 5) is 10.8. The minimum absolute atomic E-state index is 0.0831. The zero-order valence-corrected chi connectivity index (χ0v) is 9.35. The first-order valence-electron chi connectivity index (χ1n) is 3.68. The molecule has 0 saturated heterocycles. The molecule has 0 aromatic heterocycles. The second-order valence-electron chi connectivity index (χ2n) is 2.46. The molecular weight excluding hydrogens is 305 g/mol. The number of amides is 2. The lowest BCUT2D eigenvalue weighted by Gasteiger charge is -2.05. The van der Waals surface area contributed by atoms with Gasteiger partial charge in [0.25, 0.3) is 0 Å². The van der Waals surface area contributed by atoms with Gasteiger partial charge >= 0.3 is 6.03 Å². The van der Waals surface area contributed by atoms with Crippen LogP contribution in [0, 0.1) is 15.2 Å². The predicted octanol–water partition coefficient (Wildman–Crippen LogP) is 2.32. The van der Waals surface area contributed by atoms with Crippen LogP contribution in [0.15, 0.2) is 12.1 Å². The SMILES string of the molecule is CNC(=O)Nc1cc(F)c(I)c(F)c1. The van der Waals surface area contributed by atoms with Crippen molar-refractivity contribution >= 4 is 34.3 Å². The summed E-state index contributed by atoms with van der Waals surface area (Å²) in [6.07, 6.45) is 0. The molecule has 0 aliphatic rings. The summed E-state index contributed by atoms with van der Waals surface area (Å²) in [7, 11) is 1.41. The monoisotopic (exact) mass is 312 g/mol. The molecule has 1 rings (SSSR count). The average Bonchev–Trinajstić information content (AvgIpc) is 2.14. The van der Waals surface area contributed by atoms with Crippen LogP contribution in [0.4, 0.5) is 19.3 Å². The Balaban J connectivity index is 2.95. The fraction of sp³-hybridized carbons (Fsp3) is 0.125. The highest BCUT2D eigenvalue weighted by Crippen LogP contribution is 2.20. The molecule has 14 heavy (non-hydrogen) atoms. The topological polar surface area (TPSA) is 41.1 Å². The summed E-state index contributed by atoms with van der Waals surface area (Å²) in [5.74, 6) is -1.39. The van der Waals surface area contributed by atoms with Crippen molar-refractivity contribution in [2.45, 2.75) is 0 Å². The van der Waals surface area contributed by atoms with Crippen LogP contribution < -0.4 is 10.6 Å². The maximum absolute atomic E-state index is 13.0. The lowest BCUT2D eigenvalue weighted by atomic mass is 10.3. The van der Waals surface area contributed by atoms with Gasteiger partial charge in [-0.2, -0.15) is 0 Å². The molecule has 0 bridgehead atoms. The molecule has 3 nitrogen and oxygen atoms in total. The van der Waals surface area contributed by atoms with Crippen molar-refractivity contribution < 1.29 is 13.6 Å². The number of carbonyl (C=O) groups is 1. The maximum Gasteiger partial charge on any atom is 0.318 e. The van der Waals surface area contributed by atoms with Crippen LogP contribution >= 0.6 is 22.6 Å². The summed E-state index contributed by atoms with van der Waals surface area (Å²) >= 11 is 1.55. The van der Waals surface area contributed by atoms with Crippen molar-refractivity contribution in [2.24, 2.45) is 0 Å². The smallest absolute Gasteiger partial charge is 0.318 e. The Morgan fingerprint density at radius 2 is 1.86 bits per heavy atom. The normalized spacial score (nSPS) is 9.71. The molecule has 0 aliphatic carbocycles. The molecule has 0 atom stereocenters. The molecule has 0 radical (unpaired) electrons. The minimum Gasteiger partial charge on any atom is -0.341 e. The number of benzene rings is 1. The fourth-order valence-electron chi connectivity index (χ4n) is 0.821. The molecular formula is C8H7F2IN2O. The Morgan fingerprint density at radius 3 is 2.29 bits per heavy atom. The molecule has 0 saturated carbocycles. The lowest BCUT2D eigenvalue weighted by Crippen LogP contribution is -2.24. The Labute approximate surface area is 93.0 Å². The van der Waals surface area contributed by atoms with Crippen LogP contribution in [0.3, 0.4) is 0 Å². The molecule has 6 heteroatoms. The second kappa shape index (κ2) is 4.54. The molecule has 0 aliphatic heterocycles. The van der Waals surface area contributed by atoms with Gasteiger partial charge in [0.1, 0.15) is 11.6 Å². The quantitative estimate of drug-likeness (QED) is 0.606. The highest BCUT2D eigenvalue weighted by atomic mass is 127. The van der Waals surface area contributed by atoms with E-state index in [4.69, 9.17) is 0 Å². The number of hydrogen-bond donors (Lipinski definition) is 2. The third-order valence-corrected chi connectivity index (χ3v) is 2.50. The van der Waals surface area contributed by atoms with Crippen LogP contribution in [0.25, 0.3) is 0 Å². The van der Waals surface area contributed by atoms with Gasteiger partial charge in [-0.05, 0) is 34.7 Å². The van der Waals surface area contributed by atoms with E-state index < -0.39 is 17.7 Å². The average molecular weight is 312 g/mol. The highest BCUT2D eigenvalue weighted by Gasteiger charge is 2.09. The van der Waals surface area contributed by atoms with E-state index in [1.807, 2.05) is 0 Å². The summed E-state index contributed by atoms with van der Waals surface area (Å²) in [6.45, 7) is 0. The summed E-state index contributed by atoms with van der Waals surface area (Å²) < 4.78 is 25.9. The molecule has 0 fully saturated rings. The predicted molar refractivity (Wildman–Crippen MR) is 57.2 cm³/mol. The maximum atomic E-state index is 13.0. The van der Waals surface area contributed by atoms with E-state index in [9.17, 15) is 13.6 Å². The van der Waals surface area contributed by atoms with Crippen LogP contribution in [-0.2, 0) is 0 Å². The number of rotatable bonds is 1. The largest absolute Gasteiger partial charge is 0.341 e. The van der Waals surface area contributed by atoms with Gasteiger partial charge in [-0.25, -0.2) is 13.6 Å². The van der Waals surface area contributed by atoms with Crippen molar-refractivity contribution in [1.82, 2.24) is 5.32 Å². The fourth-order valence-corrected chi connectivity index (χ4v) is 1.13. The van der Waals surface area contributed by atoms with Gasteiger partial charge < -0.3 is 10.6 Å². The Kier molecular flexibility index (Phi) is 3.62. The summed E-state index contributed by atoms with van der Waals surface area (Å²) in [6, 6.07) is 1.59. The van der Waals surface area contributed by atoms with Crippen LogP contribution in [-0.4, -0.2) is 13.1 Å².